The van der Waals surface area contributed by atoms with E-state index in [-0.39, 0.29) is 5.91 Å². The van der Waals surface area contributed by atoms with Crippen molar-refractivity contribution < 1.29 is 4.79 Å². The summed E-state index contributed by atoms with van der Waals surface area (Å²) >= 11 is 9.19. The Labute approximate surface area is 118 Å². The highest BCUT2D eigenvalue weighted by Crippen LogP contribution is 2.20. The number of aromatic nitrogens is 1. The average Bonchev–Trinajstić information content (AvgIpc) is 2.32. The molecule has 5 heteroatoms. The van der Waals surface area contributed by atoms with E-state index in [4.69, 9.17) is 11.6 Å². The van der Waals surface area contributed by atoms with Crippen molar-refractivity contribution in [2.24, 2.45) is 0 Å². The molecule has 0 fully saturated rings. The number of nitrogens with zero attached hydrogens (tertiary/aromatic N) is 1. The third-order valence-electron chi connectivity index (χ3n) is 2.39. The van der Waals surface area contributed by atoms with Crippen molar-refractivity contribution in [2.45, 2.75) is 6.92 Å². The predicted octanol–water partition coefficient (Wildman–Crippen LogP) is 4.06. The molecule has 18 heavy (non-hydrogen) atoms. The first kappa shape index (κ1) is 13.1. The number of hydrogen-bond acceptors (Lipinski definition) is 2. The van der Waals surface area contributed by atoms with Gasteiger partial charge in [-0.3, -0.25) is 9.78 Å². The van der Waals surface area contributed by atoms with Crippen LogP contribution < -0.4 is 5.32 Å². The number of nitrogens with one attached hydrogen (secondary N) is 1. The van der Waals surface area contributed by atoms with Crippen molar-refractivity contribution in [3.63, 3.8) is 0 Å². The largest absolute Gasteiger partial charge is 0.320 e. The zero-order chi connectivity index (χ0) is 13.1. The minimum Gasteiger partial charge on any atom is -0.320 e. The normalized spacial score (nSPS) is 10.2. The highest BCUT2D eigenvalue weighted by molar-refractivity contribution is 9.10. The number of anilines is 1. The molecule has 0 radical (unpaired) electrons. The van der Waals surface area contributed by atoms with Gasteiger partial charge in [0, 0.05) is 21.4 Å². The molecule has 2 aromatic rings. The fourth-order valence-corrected chi connectivity index (χ4v) is 2.12. The van der Waals surface area contributed by atoms with Gasteiger partial charge in [-0.1, -0.05) is 27.5 Å². The first-order valence-electron chi connectivity index (χ1n) is 5.25. The van der Waals surface area contributed by atoms with Crippen LogP contribution in [0.1, 0.15) is 16.1 Å². The zero-order valence-corrected chi connectivity index (χ0v) is 11.9. The van der Waals surface area contributed by atoms with Gasteiger partial charge in [0.1, 0.15) is 5.69 Å². The van der Waals surface area contributed by atoms with Crippen molar-refractivity contribution >= 4 is 39.1 Å². The van der Waals surface area contributed by atoms with E-state index in [1.165, 1.54) is 12.3 Å². The summed E-state index contributed by atoms with van der Waals surface area (Å²) in [6, 6.07) is 8.80. The van der Waals surface area contributed by atoms with Gasteiger partial charge in [0.2, 0.25) is 0 Å². The standard InChI is InChI=1S/C13H10BrClN2O/c1-8-6-9(14)2-3-11(8)17-13(18)12-7-10(15)4-5-16-12/h2-7H,1H3,(H,17,18). The molecule has 3 nitrogen and oxygen atoms in total. The van der Waals surface area contributed by atoms with Gasteiger partial charge in [-0.25, -0.2) is 0 Å². The Kier molecular flexibility index (Phi) is 3.99. The zero-order valence-electron chi connectivity index (χ0n) is 9.58. The van der Waals surface area contributed by atoms with Gasteiger partial charge in [-0.15, -0.1) is 0 Å². The number of halogens is 2. The number of hydrogen-bond donors (Lipinski definition) is 1. The number of benzene rings is 1. The molecule has 0 unspecified atom stereocenters. The number of carbonyl (C=O) groups is 1. The topological polar surface area (TPSA) is 42.0 Å². The maximum atomic E-state index is 12.0. The van der Waals surface area contributed by atoms with Crippen molar-refractivity contribution in [3.05, 3.63) is 57.3 Å². The molecule has 0 spiro atoms. The highest BCUT2D eigenvalue weighted by Gasteiger charge is 2.09. The Morgan fingerprint density at radius 2 is 2.11 bits per heavy atom. The van der Waals surface area contributed by atoms with Gasteiger partial charge in [0.25, 0.3) is 5.91 Å². The summed E-state index contributed by atoms with van der Waals surface area (Å²) in [6.45, 7) is 1.92. The second-order valence-electron chi connectivity index (χ2n) is 3.77. The molecule has 1 aromatic heterocycles. The fraction of sp³-hybridized carbons (Fsp3) is 0.0769. The van der Waals surface area contributed by atoms with Gasteiger partial charge in [-0.2, -0.15) is 0 Å². The molecule has 92 valence electrons. The molecule has 0 saturated carbocycles. The van der Waals surface area contributed by atoms with E-state index in [1.807, 2.05) is 25.1 Å². The van der Waals surface area contributed by atoms with Crippen LogP contribution in [0.3, 0.4) is 0 Å². The molecule has 1 aromatic carbocycles. The van der Waals surface area contributed by atoms with Crippen molar-refractivity contribution in [1.29, 1.82) is 0 Å². The lowest BCUT2D eigenvalue weighted by Gasteiger charge is -2.08. The van der Waals surface area contributed by atoms with Crippen LogP contribution in [0, 0.1) is 6.92 Å². The number of aryl methyl sites for hydroxylation is 1. The van der Waals surface area contributed by atoms with E-state index in [0.717, 1.165) is 15.7 Å². The lowest BCUT2D eigenvalue weighted by molar-refractivity contribution is 0.102. The summed E-state index contributed by atoms with van der Waals surface area (Å²) in [4.78, 5) is 15.9. The van der Waals surface area contributed by atoms with Crippen LogP contribution in [0.4, 0.5) is 5.69 Å². The van der Waals surface area contributed by atoms with E-state index in [9.17, 15) is 4.79 Å². The Hall–Kier alpha value is -1.39. The van der Waals surface area contributed by atoms with Gasteiger partial charge in [-0.05, 0) is 42.8 Å². The van der Waals surface area contributed by atoms with Crippen LogP contribution >= 0.6 is 27.5 Å². The highest BCUT2D eigenvalue weighted by atomic mass is 79.9. The van der Waals surface area contributed by atoms with Crippen LogP contribution in [0.25, 0.3) is 0 Å². The van der Waals surface area contributed by atoms with Gasteiger partial charge in [0.05, 0.1) is 0 Å². The van der Waals surface area contributed by atoms with E-state index in [1.54, 1.807) is 6.07 Å². The second kappa shape index (κ2) is 5.50. The molecule has 2 rings (SSSR count). The third-order valence-corrected chi connectivity index (χ3v) is 3.12. The molecular weight excluding hydrogens is 316 g/mol. The van der Waals surface area contributed by atoms with Gasteiger partial charge >= 0.3 is 0 Å². The molecule has 0 saturated heterocycles. The lowest BCUT2D eigenvalue weighted by atomic mass is 10.2. The Bertz CT molecular complexity index is 601. The van der Waals surface area contributed by atoms with Gasteiger partial charge in [0.15, 0.2) is 0 Å². The monoisotopic (exact) mass is 324 g/mol. The lowest BCUT2D eigenvalue weighted by Crippen LogP contribution is -2.14. The van der Waals surface area contributed by atoms with E-state index in [0.29, 0.717) is 10.7 Å². The quantitative estimate of drug-likeness (QED) is 0.905. The van der Waals surface area contributed by atoms with Crippen LogP contribution in [0.2, 0.25) is 5.02 Å². The Balaban J connectivity index is 2.21. The molecule has 0 aliphatic carbocycles. The molecular formula is C13H10BrClN2O. The summed E-state index contributed by atoms with van der Waals surface area (Å²) in [6.07, 6.45) is 1.51. The number of pyridine rings is 1. The average molecular weight is 326 g/mol. The van der Waals surface area contributed by atoms with Crippen LogP contribution in [0.15, 0.2) is 41.0 Å². The number of carbonyl (C=O) groups excluding carboxylic acids is 1. The minimum atomic E-state index is -0.275. The summed E-state index contributed by atoms with van der Waals surface area (Å²) in [5, 5.41) is 3.29. The summed E-state index contributed by atoms with van der Waals surface area (Å²) in [7, 11) is 0. The Morgan fingerprint density at radius 1 is 1.33 bits per heavy atom. The second-order valence-corrected chi connectivity index (χ2v) is 5.12. The fourth-order valence-electron chi connectivity index (χ4n) is 1.48. The minimum absolute atomic E-state index is 0.275. The van der Waals surface area contributed by atoms with E-state index in [2.05, 4.69) is 26.2 Å². The number of rotatable bonds is 2. The van der Waals surface area contributed by atoms with Crippen LogP contribution in [-0.2, 0) is 0 Å². The van der Waals surface area contributed by atoms with Crippen molar-refractivity contribution in [3.8, 4) is 0 Å². The van der Waals surface area contributed by atoms with Crippen molar-refractivity contribution in [1.82, 2.24) is 4.98 Å². The molecule has 0 atom stereocenters. The molecule has 0 aliphatic heterocycles. The maximum absolute atomic E-state index is 12.0. The predicted molar refractivity (Wildman–Crippen MR) is 76.1 cm³/mol. The van der Waals surface area contributed by atoms with Gasteiger partial charge < -0.3 is 5.32 Å². The van der Waals surface area contributed by atoms with Crippen LogP contribution in [-0.4, -0.2) is 10.9 Å². The first-order chi connectivity index (χ1) is 8.56. The van der Waals surface area contributed by atoms with E-state index < -0.39 is 0 Å². The first-order valence-corrected chi connectivity index (χ1v) is 6.42. The van der Waals surface area contributed by atoms with Crippen molar-refractivity contribution in [2.75, 3.05) is 5.32 Å². The molecule has 1 amide bonds. The summed E-state index contributed by atoms with van der Waals surface area (Å²) in [5.74, 6) is -0.275. The molecule has 1 heterocycles. The summed E-state index contributed by atoms with van der Waals surface area (Å²) in [5.41, 5.74) is 2.02. The molecule has 1 N–H and O–H groups in total. The number of amides is 1. The molecule has 0 bridgehead atoms. The maximum Gasteiger partial charge on any atom is 0.274 e. The van der Waals surface area contributed by atoms with Crippen LogP contribution in [0.5, 0.6) is 0 Å². The third kappa shape index (κ3) is 3.09. The SMILES string of the molecule is Cc1cc(Br)ccc1NC(=O)c1cc(Cl)ccn1. The summed E-state index contributed by atoms with van der Waals surface area (Å²) < 4.78 is 0.971. The van der Waals surface area contributed by atoms with E-state index >= 15 is 0 Å². The Morgan fingerprint density at radius 3 is 2.78 bits per heavy atom. The smallest absolute Gasteiger partial charge is 0.274 e. The molecule has 0 aliphatic rings.